The Labute approximate surface area is 164 Å². The second-order valence-corrected chi connectivity index (χ2v) is 5.58. The summed E-state index contributed by atoms with van der Waals surface area (Å²) < 4.78 is 0. The third kappa shape index (κ3) is 24.8. The van der Waals surface area contributed by atoms with Crippen LogP contribution < -0.4 is 0 Å². The fraction of sp³-hybridized carbons (Fsp3) is 0.409. The normalized spacial score (nSPS) is 12.5. The molecule has 0 saturated heterocycles. The number of carbonyl (C=O) groups is 1. The summed E-state index contributed by atoms with van der Waals surface area (Å²) in [5.41, 5.74) is 0. The van der Waals surface area contributed by atoms with Crippen molar-refractivity contribution >= 4 is 23.3 Å². The van der Waals surface area contributed by atoms with Crippen molar-refractivity contribution in [2.24, 2.45) is 0 Å². The predicted octanol–water partition coefficient (Wildman–Crippen LogP) is 5.37. The Bertz CT molecular complexity index is 468. The van der Waals surface area contributed by atoms with E-state index in [1.54, 1.807) is 12.2 Å². The lowest BCUT2D eigenvalue weighted by molar-refractivity contribution is -0.131. The lowest BCUT2D eigenvalue weighted by Gasteiger charge is -1.98. The summed E-state index contributed by atoms with van der Waals surface area (Å²) in [6, 6.07) is 0. The number of hydrogen-bond donors (Lipinski definition) is 1. The Morgan fingerprint density at radius 3 is 1.64 bits per heavy atom. The van der Waals surface area contributed by atoms with E-state index in [1.165, 1.54) is 51.0 Å². The van der Waals surface area contributed by atoms with Gasteiger partial charge in [-0.25, -0.2) is 4.79 Å². The first-order chi connectivity index (χ1) is 11.8. The molecule has 3 heteroatoms. The monoisotopic (exact) mass is 358 g/mol. The molecule has 25 heavy (non-hydrogen) atoms. The van der Waals surface area contributed by atoms with E-state index in [-0.39, 0.29) is 17.4 Å². The van der Waals surface area contributed by atoms with Gasteiger partial charge >= 0.3 is 5.97 Å². The van der Waals surface area contributed by atoms with Crippen LogP contribution in [0.2, 0.25) is 0 Å². The van der Waals surface area contributed by atoms with Crippen molar-refractivity contribution in [1.82, 2.24) is 0 Å². The summed E-state index contributed by atoms with van der Waals surface area (Å²) in [5.74, 6) is -0.936. The van der Waals surface area contributed by atoms with Crippen molar-refractivity contribution in [3.63, 3.8) is 0 Å². The number of unbranched alkanes of at least 4 members (excludes halogenated alkanes) is 7. The number of carboxylic acids is 1. The van der Waals surface area contributed by atoms with Crippen LogP contribution >= 0.6 is 0 Å². The van der Waals surface area contributed by atoms with E-state index in [0.717, 1.165) is 12.5 Å². The van der Waals surface area contributed by atoms with Gasteiger partial charge in [0.15, 0.2) is 17.4 Å². The van der Waals surface area contributed by atoms with Gasteiger partial charge in [-0.3, -0.25) is 0 Å². The molecule has 0 aliphatic carbocycles. The maximum absolute atomic E-state index is 10.2. The molecule has 0 heterocycles. The summed E-state index contributed by atoms with van der Waals surface area (Å²) >= 11 is 0. The zero-order chi connectivity index (χ0) is 17.7. The van der Waals surface area contributed by atoms with Crippen molar-refractivity contribution in [3.05, 3.63) is 72.9 Å². The molecular formula is C22H35AlO2. The van der Waals surface area contributed by atoms with Crippen molar-refractivity contribution in [3.8, 4) is 0 Å². The molecule has 0 aliphatic rings. The average Bonchev–Trinajstić information content (AvgIpc) is 2.56. The smallest absolute Gasteiger partial charge is 0.328 e. The van der Waals surface area contributed by atoms with Crippen LogP contribution in [0, 0.1) is 0 Å². The van der Waals surface area contributed by atoms with Gasteiger partial charge in [0.25, 0.3) is 0 Å². The molecule has 0 fully saturated rings. The Morgan fingerprint density at radius 1 is 0.680 bits per heavy atom. The van der Waals surface area contributed by atoms with E-state index >= 15 is 0 Å². The molecular weight excluding hydrogens is 323 g/mol. The minimum Gasteiger partial charge on any atom is -0.478 e. The molecule has 0 saturated carbocycles. The first-order valence-electron chi connectivity index (χ1n) is 9.00. The lowest BCUT2D eigenvalue weighted by atomic mass is 10.1. The molecule has 0 bridgehead atoms. The fourth-order valence-corrected chi connectivity index (χ4v) is 2.05. The van der Waals surface area contributed by atoms with Crippen LogP contribution in [0.15, 0.2) is 72.9 Å². The Hall–Kier alpha value is -1.56. The van der Waals surface area contributed by atoms with E-state index in [2.05, 4.69) is 19.1 Å². The van der Waals surface area contributed by atoms with Gasteiger partial charge in [0.1, 0.15) is 0 Å². The van der Waals surface area contributed by atoms with Crippen molar-refractivity contribution in [2.45, 2.75) is 58.3 Å². The maximum atomic E-state index is 10.2. The van der Waals surface area contributed by atoms with E-state index in [0.29, 0.717) is 0 Å². The van der Waals surface area contributed by atoms with Crippen molar-refractivity contribution in [2.75, 3.05) is 0 Å². The van der Waals surface area contributed by atoms with Crippen molar-refractivity contribution in [1.29, 1.82) is 0 Å². The Kier molecular flexibility index (Phi) is 23.1. The molecule has 0 atom stereocenters. The lowest BCUT2D eigenvalue weighted by Crippen LogP contribution is -1.84. The second kappa shape index (κ2) is 22.4. The molecule has 0 aromatic carbocycles. The number of aliphatic carboxylic acids is 1. The zero-order valence-corrected chi connectivity index (χ0v) is 14.9. The van der Waals surface area contributed by atoms with Gasteiger partial charge in [-0.15, -0.1) is 0 Å². The number of allylic oxidation sites excluding steroid dienone is 11. The van der Waals surface area contributed by atoms with Crippen molar-refractivity contribution < 1.29 is 9.90 Å². The summed E-state index contributed by atoms with van der Waals surface area (Å²) in [4.78, 5) is 10.2. The molecule has 1 N–H and O–H groups in total. The Balaban J connectivity index is 0. The van der Waals surface area contributed by atoms with Gasteiger partial charge < -0.3 is 5.11 Å². The number of carboxylic acid groups (broad SMARTS) is 1. The summed E-state index contributed by atoms with van der Waals surface area (Å²) in [5, 5.41) is 8.39. The minimum atomic E-state index is -0.936. The van der Waals surface area contributed by atoms with Gasteiger partial charge in [-0.2, -0.15) is 0 Å². The van der Waals surface area contributed by atoms with Crippen LogP contribution in [0.25, 0.3) is 0 Å². The molecule has 138 valence electrons. The third-order valence-electron chi connectivity index (χ3n) is 3.35. The maximum Gasteiger partial charge on any atom is 0.328 e. The number of rotatable bonds is 14. The largest absolute Gasteiger partial charge is 0.478 e. The van der Waals surface area contributed by atoms with Gasteiger partial charge in [-0.05, 0) is 12.8 Å². The Morgan fingerprint density at radius 2 is 1.12 bits per heavy atom. The van der Waals surface area contributed by atoms with E-state index in [1.807, 2.05) is 36.5 Å². The van der Waals surface area contributed by atoms with Crippen LogP contribution in [-0.4, -0.2) is 28.4 Å². The van der Waals surface area contributed by atoms with Gasteiger partial charge in [0.05, 0.1) is 0 Å². The van der Waals surface area contributed by atoms with Crippen LogP contribution in [0.4, 0.5) is 0 Å². The second-order valence-electron chi connectivity index (χ2n) is 5.58. The van der Waals surface area contributed by atoms with Gasteiger partial charge in [0, 0.05) is 6.08 Å². The molecule has 0 aliphatic heterocycles. The first-order valence-corrected chi connectivity index (χ1v) is 9.00. The topological polar surface area (TPSA) is 37.3 Å². The fourth-order valence-electron chi connectivity index (χ4n) is 2.05. The SMILES string of the molecule is CCCCCCCCCC=CC=CC=CC=CC=CC=CC(=O)O.[AlH3]. The third-order valence-corrected chi connectivity index (χ3v) is 3.35. The summed E-state index contributed by atoms with van der Waals surface area (Å²) in [6.45, 7) is 2.25. The average molecular weight is 359 g/mol. The minimum absolute atomic E-state index is 0. The number of hydrogen-bond acceptors (Lipinski definition) is 1. The van der Waals surface area contributed by atoms with Crippen LogP contribution in [-0.2, 0) is 4.79 Å². The highest BCUT2D eigenvalue weighted by Crippen LogP contribution is 2.08. The van der Waals surface area contributed by atoms with E-state index in [9.17, 15) is 4.79 Å². The summed E-state index contributed by atoms with van der Waals surface area (Å²) in [7, 11) is 0. The van der Waals surface area contributed by atoms with Crippen LogP contribution in [0.1, 0.15) is 58.3 Å². The first kappa shape index (κ1) is 25.7. The summed E-state index contributed by atoms with van der Waals surface area (Å²) in [6.07, 6.45) is 32.7. The zero-order valence-electron chi connectivity index (χ0n) is 14.9. The van der Waals surface area contributed by atoms with Crippen LogP contribution in [0.3, 0.4) is 0 Å². The molecule has 0 spiro atoms. The van der Waals surface area contributed by atoms with E-state index in [4.69, 9.17) is 5.11 Å². The molecule has 0 radical (unpaired) electrons. The molecule has 0 aromatic rings. The standard InChI is InChI=1S/C22H32O2.Al.3H/c1-2-3-4-5-6-7-8-9-10-11-12-13-14-15-16-17-18-19-20-21-22(23)24;;;;/h10-21H,2-9H2,1H3,(H,23,24);;;;. The highest BCUT2D eigenvalue weighted by Gasteiger charge is 1.88. The predicted molar refractivity (Wildman–Crippen MR) is 115 cm³/mol. The molecule has 0 unspecified atom stereocenters. The molecule has 0 amide bonds. The molecule has 0 aromatic heterocycles. The van der Waals surface area contributed by atoms with Crippen LogP contribution in [0.5, 0.6) is 0 Å². The highest BCUT2D eigenvalue weighted by molar-refractivity contribution is 5.80. The van der Waals surface area contributed by atoms with Gasteiger partial charge in [-0.1, -0.05) is 112 Å². The highest BCUT2D eigenvalue weighted by atomic mass is 27.0. The quantitative estimate of drug-likeness (QED) is 0.196. The molecule has 0 rings (SSSR count). The van der Waals surface area contributed by atoms with E-state index < -0.39 is 5.97 Å². The van der Waals surface area contributed by atoms with Gasteiger partial charge in [0.2, 0.25) is 0 Å². The molecule has 2 nitrogen and oxygen atoms in total.